The molecule has 1 aromatic carbocycles. The van der Waals surface area contributed by atoms with Gasteiger partial charge in [-0.05, 0) is 0 Å². The number of benzene rings is 1. The summed E-state index contributed by atoms with van der Waals surface area (Å²) in [5, 5.41) is 0. The molecule has 1 aromatic rings. The van der Waals surface area contributed by atoms with Crippen molar-refractivity contribution in [1.29, 1.82) is 0 Å². The molecule has 0 N–H and O–H groups in total. The minimum Gasteiger partial charge on any atom is -0.377 e. The van der Waals surface area contributed by atoms with Crippen LogP contribution in [0.3, 0.4) is 0 Å². The molecule has 0 saturated heterocycles. The summed E-state index contributed by atoms with van der Waals surface area (Å²) in [6.07, 6.45) is -0.0855. The number of carbonyl (C=O) groups is 2. The molecule has 0 heterocycles. The van der Waals surface area contributed by atoms with Crippen LogP contribution in [0.2, 0.25) is 0 Å². The molecule has 3 nitrogen and oxygen atoms in total. The first-order chi connectivity index (χ1) is 6.74. The number of ether oxygens (including phenoxy) is 1. The maximum Gasteiger partial charge on any atom is 0.170 e. The molecule has 0 amide bonds. The van der Waals surface area contributed by atoms with Gasteiger partial charge in [-0.1, -0.05) is 30.3 Å². The SMILES string of the molecule is COCC(=O)CC(=O)c1ccccc1. The third-order valence-corrected chi connectivity index (χ3v) is 1.76. The van der Waals surface area contributed by atoms with Crippen molar-refractivity contribution in [3.8, 4) is 0 Å². The topological polar surface area (TPSA) is 43.4 Å². The fourth-order valence-corrected chi connectivity index (χ4v) is 1.12. The Kier molecular flexibility index (Phi) is 4.01. The van der Waals surface area contributed by atoms with Gasteiger partial charge in [0.05, 0.1) is 6.42 Å². The van der Waals surface area contributed by atoms with Crippen LogP contribution in [0, 0.1) is 0 Å². The van der Waals surface area contributed by atoms with Crippen LogP contribution in [0.15, 0.2) is 30.3 Å². The summed E-state index contributed by atoms with van der Waals surface area (Å²) in [6, 6.07) is 8.76. The van der Waals surface area contributed by atoms with E-state index in [1.54, 1.807) is 24.3 Å². The highest BCUT2D eigenvalue weighted by Crippen LogP contribution is 2.03. The monoisotopic (exact) mass is 192 g/mol. The van der Waals surface area contributed by atoms with Gasteiger partial charge in [-0.25, -0.2) is 0 Å². The summed E-state index contributed by atoms with van der Waals surface area (Å²) < 4.78 is 4.64. The number of rotatable bonds is 5. The maximum absolute atomic E-state index is 11.5. The summed E-state index contributed by atoms with van der Waals surface area (Å²) in [7, 11) is 1.44. The van der Waals surface area contributed by atoms with E-state index >= 15 is 0 Å². The molecule has 0 aliphatic carbocycles. The van der Waals surface area contributed by atoms with Crippen molar-refractivity contribution < 1.29 is 14.3 Å². The second kappa shape index (κ2) is 5.29. The van der Waals surface area contributed by atoms with E-state index in [1.165, 1.54) is 7.11 Å². The lowest BCUT2D eigenvalue weighted by Gasteiger charge is -1.99. The van der Waals surface area contributed by atoms with Crippen molar-refractivity contribution in [2.24, 2.45) is 0 Å². The van der Waals surface area contributed by atoms with Gasteiger partial charge in [-0.3, -0.25) is 9.59 Å². The van der Waals surface area contributed by atoms with Crippen LogP contribution in [0.4, 0.5) is 0 Å². The molecule has 0 radical (unpaired) electrons. The van der Waals surface area contributed by atoms with E-state index < -0.39 is 0 Å². The zero-order valence-electron chi connectivity index (χ0n) is 8.03. The Morgan fingerprint density at radius 1 is 1.21 bits per heavy atom. The normalized spacial score (nSPS) is 9.79. The van der Waals surface area contributed by atoms with Crippen LogP contribution in [0.25, 0.3) is 0 Å². The quantitative estimate of drug-likeness (QED) is 0.524. The van der Waals surface area contributed by atoms with Gasteiger partial charge >= 0.3 is 0 Å². The molecule has 0 unspecified atom stereocenters. The van der Waals surface area contributed by atoms with Crippen LogP contribution in [0.5, 0.6) is 0 Å². The van der Waals surface area contributed by atoms with Gasteiger partial charge in [0.2, 0.25) is 0 Å². The third kappa shape index (κ3) is 3.11. The van der Waals surface area contributed by atoms with E-state index in [9.17, 15) is 9.59 Å². The van der Waals surface area contributed by atoms with Gasteiger partial charge in [-0.15, -0.1) is 0 Å². The molecule has 0 fully saturated rings. The fourth-order valence-electron chi connectivity index (χ4n) is 1.12. The molecule has 0 atom stereocenters. The summed E-state index contributed by atoms with van der Waals surface area (Å²) >= 11 is 0. The highest BCUT2D eigenvalue weighted by atomic mass is 16.5. The highest BCUT2D eigenvalue weighted by Gasteiger charge is 2.10. The number of carbonyl (C=O) groups excluding carboxylic acids is 2. The molecule has 3 heteroatoms. The molecular formula is C11H12O3. The third-order valence-electron chi connectivity index (χ3n) is 1.76. The summed E-state index contributed by atoms with van der Waals surface area (Å²) in [6.45, 7) is -0.00142. The minimum atomic E-state index is -0.193. The molecule has 74 valence electrons. The standard InChI is InChI=1S/C11H12O3/c1-14-8-10(12)7-11(13)9-5-3-2-4-6-9/h2-6H,7-8H2,1H3. The number of hydrogen-bond donors (Lipinski definition) is 0. The van der Waals surface area contributed by atoms with E-state index in [4.69, 9.17) is 0 Å². The first kappa shape index (κ1) is 10.6. The predicted molar refractivity (Wildman–Crippen MR) is 52.3 cm³/mol. The van der Waals surface area contributed by atoms with Crippen molar-refractivity contribution in [1.82, 2.24) is 0 Å². The number of methoxy groups -OCH3 is 1. The Morgan fingerprint density at radius 3 is 2.43 bits per heavy atom. The first-order valence-corrected chi connectivity index (χ1v) is 4.33. The summed E-state index contributed by atoms with van der Waals surface area (Å²) in [5.41, 5.74) is 0.567. The Hall–Kier alpha value is -1.48. The van der Waals surface area contributed by atoms with Crippen molar-refractivity contribution >= 4 is 11.6 Å². The first-order valence-electron chi connectivity index (χ1n) is 4.33. The average molecular weight is 192 g/mol. The molecule has 0 saturated carbocycles. The van der Waals surface area contributed by atoms with E-state index in [2.05, 4.69) is 4.74 Å². The molecule has 0 spiro atoms. The van der Waals surface area contributed by atoms with Crippen molar-refractivity contribution in [3.63, 3.8) is 0 Å². The lowest BCUT2D eigenvalue weighted by molar-refractivity contribution is -0.121. The van der Waals surface area contributed by atoms with Gasteiger partial charge in [-0.2, -0.15) is 0 Å². The van der Waals surface area contributed by atoms with Gasteiger partial charge in [0.25, 0.3) is 0 Å². The summed E-state index contributed by atoms with van der Waals surface area (Å²) in [5.74, 6) is -0.353. The Morgan fingerprint density at radius 2 is 1.86 bits per heavy atom. The lowest BCUT2D eigenvalue weighted by atomic mass is 10.1. The summed E-state index contributed by atoms with van der Waals surface area (Å²) in [4.78, 5) is 22.5. The highest BCUT2D eigenvalue weighted by molar-refractivity contribution is 6.08. The van der Waals surface area contributed by atoms with Crippen molar-refractivity contribution in [2.75, 3.05) is 13.7 Å². The molecule has 0 bridgehead atoms. The smallest absolute Gasteiger partial charge is 0.170 e. The van der Waals surface area contributed by atoms with Crippen molar-refractivity contribution in [3.05, 3.63) is 35.9 Å². The minimum absolute atomic E-state index is 0.00142. The number of hydrogen-bond acceptors (Lipinski definition) is 3. The van der Waals surface area contributed by atoms with Crippen LogP contribution in [0.1, 0.15) is 16.8 Å². The number of ketones is 2. The molecule has 14 heavy (non-hydrogen) atoms. The fraction of sp³-hybridized carbons (Fsp3) is 0.273. The van der Waals surface area contributed by atoms with E-state index in [0.717, 1.165) is 0 Å². The average Bonchev–Trinajstić information content (AvgIpc) is 2.19. The second-order valence-electron chi connectivity index (χ2n) is 2.94. The Bertz CT molecular complexity index is 317. The molecule has 0 aromatic heterocycles. The largest absolute Gasteiger partial charge is 0.377 e. The Balaban J connectivity index is 2.55. The van der Waals surface area contributed by atoms with Gasteiger partial charge in [0.1, 0.15) is 6.61 Å². The van der Waals surface area contributed by atoms with E-state index in [0.29, 0.717) is 5.56 Å². The molecule has 0 aliphatic rings. The zero-order chi connectivity index (χ0) is 10.4. The van der Waals surface area contributed by atoms with Gasteiger partial charge < -0.3 is 4.74 Å². The molecular weight excluding hydrogens is 180 g/mol. The van der Waals surface area contributed by atoms with Gasteiger partial charge in [0.15, 0.2) is 11.6 Å². The van der Waals surface area contributed by atoms with Crippen LogP contribution < -0.4 is 0 Å². The van der Waals surface area contributed by atoms with E-state index in [1.807, 2.05) is 6.07 Å². The number of Topliss-reactive ketones (excluding diaryl/α,β-unsaturated/α-hetero) is 2. The zero-order valence-corrected chi connectivity index (χ0v) is 8.03. The van der Waals surface area contributed by atoms with Crippen LogP contribution in [-0.4, -0.2) is 25.3 Å². The van der Waals surface area contributed by atoms with Crippen LogP contribution in [-0.2, 0) is 9.53 Å². The molecule has 1 rings (SSSR count). The predicted octanol–water partition coefficient (Wildman–Crippen LogP) is 1.47. The lowest BCUT2D eigenvalue weighted by Crippen LogP contribution is -2.12. The van der Waals surface area contributed by atoms with E-state index in [-0.39, 0.29) is 24.6 Å². The molecule has 0 aliphatic heterocycles. The van der Waals surface area contributed by atoms with Gasteiger partial charge in [0, 0.05) is 12.7 Å². The maximum atomic E-state index is 11.5. The van der Waals surface area contributed by atoms with Crippen LogP contribution >= 0.6 is 0 Å². The Labute approximate surface area is 82.7 Å². The van der Waals surface area contributed by atoms with Crippen molar-refractivity contribution in [2.45, 2.75) is 6.42 Å². The second-order valence-corrected chi connectivity index (χ2v) is 2.94.